The van der Waals surface area contributed by atoms with Crippen molar-refractivity contribution in [3.05, 3.63) is 337 Å². The van der Waals surface area contributed by atoms with Gasteiger partial charge in [-0.25, -0.2) is 35.1 Å². The highest BCUT2D eigenvalue weighted by molar-refractivity contribution is 7.06. The Morgan fingerprint density at radius 1 is 0.222 bits per heavy atom. The zero-order valence-electron chi connectivity index (χ0n) is 57.0. The van der Waals surface area contributed by atoms with Crippen molar-refractivity contribution in [2.45, 2.75) is 6.92 Å². The van der Waals surface area contributed by atoms with E-state index >= 15 is 35.1 Å². The minimum atomic E-state index is -0.882. The van der Waals surface area contributed by atoms with Crippen LogP contribution in [0, 0.1) is 53.5 Å². The molecule has 0 spiro atoms. The number of nitrogens with zero attached hydrogens (tertiary/aromatic N) is 5. The van der Waals surface area contributed by atoms with Crippen LogP contribution in [0.15, 0.2) is 285 Å². The largest absolute Gasteiger partial charge is 0.453 e. The SMILES string of the molecule is Cc1cc2c3c(c1)N(c1cc(F)cc(F)c1)c1cc4c(cc1B3c1cc(-c3ccccc3)ccc1N2c1cc(F)cc(F)c1)B1c2cc(-c3ccccc3)cc3c2N2c5c(cc(-c6ccccc6)cc5B5c6cc(-c7ccccc7)ccc6N(c6cc(F)cc(F)c6)c6cc(c1c2c65)N4c1cc(F)cc(F)c1)O3. The monoisotopic (exact) mass is 1410 g/mol. The molecule has 15 aromatic rings. The molecule has 7 aliphatic rings. The molecule has 0 unspecified atom stereocenters. The molecule has 6 nitrogen and oxygen atoms in total. The van der Waals surface area contributed by atoms with E-state index in [0.717, 1.165) is 107 Å². The molecule has 510 valence electrons. The molecule has 0 N–H and O–H groups in total. The first-order valence-electron chi connectivity index (χ1n) is 35.6. The fourth-order valence-corrected chi connectivity index (χ4v) is 18.5. The fourth-order valence-electron chi connectivity index (χ4n) is 18.5. The first-order valence-corrected chi connectivity index (χ1v) is 35.6. The maximum atomic E-state index is 17.0. The van der Waals surface area contributed by atoms with Gasteiger partial charge in [-0.15, -0.1) is 0 Å². The minimum absolute atomic E-state index is 0.0706. The van der Waals surface area contributed by atoms with E-state index in [1.807, 2.05) is 179 Å². The van der Waals surface area contributed by atoms with E-state index in [0.29, 0.717) is 90.3 Å². The van der Waals surface area contributed by atoms with Gasteiger partial charge in [0.2, 0.25) is 0 Å². The van der Waals surface area contributed by atoms with Gasteiger partial charge in [0.1, 0.15) is 46.5 Å². The van der Waals surface area contributed by atoms with Gasteiger partial charge in [0.05, 0.1) is 34.1 Å². The molecule has 0 aromatic heterocycles. The van der Waals surface area contributed by atoms with Gasteiger partial charge in [0.25, 0.3) is 20.1 Å². The fraction of sp³-hybridized carbons (Fsp3) is 0.0110. The van der Waals surface area contributed by atoms with Crippen molar-refractivity contribution in [3.8, 4) is 56.0 Å². The van der Waals surface area contributed by atoms with Crippen LogP contribution in [0.3, 0.4) is 0 Å². The lowest BCUT2D eigenvalue weighted by Gasteiger charge is -2.53. The molecule has 0 amide bonds. The van der Waals surface area contributed by atoms with E-state index in [1.54, 1.807) is 4.90 Å². The predicted octanol–water partition coefficient (Wildman–Crippen LogP) is 18.7. The Morgan fingerprint density at radius 3 is 0.880 bits per heavy atom. The molecule has 108 heavy (non-hydrogen) atoms. The molecule has 0 atom stereocenters. The average Bonchev–Trinajstić information content (AvgIpc) is 0.656. The molecule has 0 saturated carbocycles. The van der Waals surface area contributed by atoms with Gasteiger partial charge in [0.15, 0.2) is 11.5 Å². The number of aryl methyl sites for hydroxylation is 1. The number of fused-ring (bicyclic) bond motifs is 10. The van der Waals surface area contributed by atoms with E-state index in [9.17, 15) is 0 Å². The number of ether oxygens (including phenoxy) is 1. The summed E-state index contributed by atoms with van der Waals surface area (Å²) in [6, 6.07) is 84.3. The smallest absolute Gasteiger partial charge is 0.252 e. The normalized spacial score (nSPS) is 13.7. The Balaban J connectivity index is 0.912. The lowest BCUT2D eigenvalue weighted by molar-refractivity contribution is 0.478. The first-order chi connectivity index (χ1) is 52.7. The summed E-state index contributed by atoms with van der Waals surface area (Å²) in [7, 11) is 0. The number of rotatable bonds is 8. The minimum Gasteiger partial charge on any atom is -0.453 e. The Labute approximate surface area is 615 Å². The Hall–Kier alpha value is -13.3. The van der Waals surface area contributed by atoms with Gasteiger partial charge in [-0.2, -0.15) is 0 Å². The quantitative estimate of drug-likeness (QED) is 0.111. The number of anilines is 15. The van der Waals surface area contributed by atoms with Crippen LogP contribution in [-0.4, -0.2) is 20.1 Å². The van der Waals surface area contributed by atoms with E-state index in [2.05, 4.69) is 59.5 Å². The summed E-state index contributed by atoms with van der Waals surface area (Å²) in [4.78, 5) is 9.69. The lowest BCUT2D eigenvalue weighted by atomic mass is 9.27. The standard InChI is InChI=1S/C91H50B3F8N5O/c1-49-26-80-86-81(27-49)105(68-42-62(99)36-63(100)43-68)78-47-79-73(46-72(78)92(86)70-28-54(50-14-6-2-7-15-50)22-24-76(70)103(80)66-38-58(95)34-59(96)39-66)94-75-31-57(53-20-12-5-13-21-53)33-85-90(75)107-89-74(30-56(32-84(89)108-85)52-18-10-4-11-19-52)93-71-29-55(51-16-8-3-9-17-51)23-25-77(71)104(67-40-60(97)35-61(98)41-67)82-48-83(88(94)91(107)87(82)93)106(79)69-44-64(101)37-65(102)45-69/h2-48H,1H3. The molecule has 22 rings (SSSR count). The molecule has 7 heterocycles. The van der Waals surface area contributed by atoms with Crippen LogP contribution in [0.2, 0.25) is 0 Å². The number of benzene rings is 15. The van der Waals surface area contributed by atoms with Crippen molar-refractivity contribution < 1.29 is 39.9 Å². The number of halogens is 8. The second-order valence-corrected chi connectivity index (χ2v) is 28.7. The summed E-state index contributed by atoms with van der Waals surface area (Å²) < 4.78 is 140. The Bertz CT molecular complexity index is 6410. The average molecular weight is 1410 g/mol. The van der Waals surface area contributed by atoms with Gasteiger partial charge >= 0.3 is 0 Å². The van der Waals surface area contributed by atoms with E-state index in [1.165, 1.54) is 48.5 Å². The van der Waals surface area contributed by atoms with Crippen molar-refractivity contribution in [3.63, 3.8) is 0 Å². The van der Waals surface area contributed by atoms with Crippen LogP contribution < -0.4 is 78.4 Å². The van der Waals surface area contributed by atoms with Crippen molar-refractivity contribution in [1.29, 1.82) is 0 Å². The van der Waals surface area contributed by atoms with Crippen LogP contribution in [0.5, 0.6) is 11.5 Å². The van der Waals surface area contributed by atoms with E-state index in [4.69, 9.17) is 4.74 Å². The second-order valence-electron chi connectivity index (χ2n) is 28.7. The van der Waals surface area contributed by atoms with Gasteiger partial charge < -0.3 is 29.2 Å². The molecular weight excluding hydrogens is 1360 g/mol. The maximum Gasteiger partial charge on any atom is 0.252 e. The first kappa shape index (κ1) is 62.1. The van der Waals surface area contributed by atoms with Gasteiger partial charge in [0, 0.05) is 75.5 Å². The highest BCUT2D eigenvalue weighted by atomic mass is 19.2. The highest BCUT2D eigenvalue weighted by Crippen LogP contribution is 2.59. The summed E-state index contributed by atoms with van der Waals surface area (Å²) >= 11 is 0. The maximum absolute atomic E-state index is 17.0. The lowest BCUT2D eigenvalue weighted by Crippen LogP contribution is -2.69. The van der Waals surface area contributed by atoms with Gasteiger partial charge in [-0.05, 0) is 203 Å². The van der Waals surface area contributed by atoms with Gasteiger partial charge in [-0.1, -0.05) is 164 Å². The van der Waals surface area contributed by atoms with Crippen molar-refractivity contribution in [2.24, 2.45) is 0 Å². The van der Waals surface area contributed by atoms with Crippen molar-refractivity contribution in [2.75, 3.05) is 24.5 Å². The van der Waals surface area contributed by atoms with E-state index in [-0.39, 0.29) is 22.7 Å². The van der Waals surface area contributed by atoms with Crippen LogP contribution in [0.1, 0.15) is 5.56 Å². The molecule has 0 radical (unpaired) electrons. The van der Waals surface area contributed by atoms with E-state index < -0.39 is 66.7 Å². The molecule has 0 bridgehead atoms. The van der Waals surface area contributed by atoms with Crippen molar-refractivity contribution in [1.82, 2.24) is 0 Å². The topological polar surface area (TPSA) is 25.4 Å². The van der Waals surface area contributed by atoms with Crippen LogP contribution in [-0.2, 0) is 0 Å². The zero-order chi connectivity index (χ0) is 72.4. The summed E-state index contributed by atoms with van der Waals surface area (Å²) in [5.41, 5.74) is 21.2. The number of hydrogen-bond acceptors (Lipinski definition) is 6. The molecule has 0 saturated heterocycles. The zero-order valence-corrected chi connectivity index (χ0v) is 57.0. The molecular formula is C91H50B3F8N5O. The molecule has 7 aliphatic heterocycles. The highest BCUT2D eigenvalue weighted by Gasteiger charge is 2.56. The summed E-state index contributed by atoms with van der Waals surface area (Å²) in [6.45, 7) is -0.337. The molecule has 17 heteroatoms. The van der Waals surface area contributed by atoms with Gasteiger partial charge in [-0.3, -0.25) is 0 Å². The number of hydrogen-bond donors (Lipinski definition) is 0. The summed E-state index contributed by atoms with van der Waals surface area (Å²) in [6.07, 6.45) is 0. The molecule has 15 aromatic carbocycles. The van der Waals surface area contributed by atoms with Crippen LogP contribution in [0.25, 0.3) is 44.5 Å². The third-order valence-corrected chi connectivity index (χ3v) is 22.5. The Morgan fingerprint density at radius 2 is 0.519 bits per heavy atom. The van der Waals surface area contributed by atoms with Crippen LogP contribution >= 0.6 is 0 Å². The summed E-state index contributed by atoms with van der Waals surface area (Å²) in [5, 5.41) is 0. The third-order valence-electron chi connectivity index (χ3n) is 22.5. The Kier molecular flexibility index (Phi) is 13.2. The van der Waals surface area contributed by atoms with Crippen LogP contribution in [0.4, 0.5) is 120 Å². The van der Waals surface area contributed by atoms with Crippen molar-refractivity contribution >= 4 is 155 Å². The summed E-state index contributed by atoms with van der Waals surface area (Å²) in [5.74, 6) is -5.67. The molecule has 0 aliphatic carbocycles. The predicted molar refractivity (Wildman–Crippen MR) is 420 cm³/mol. The third kappa shape index (κ3) is 9.11. The molecule has 0 fully saturated rings. The second kappa shape index (κ2) is 22.9.